The number of rotatable bonds is 4. The number of aliphatic imine (C=N–C) groups is 1. The minimum atomic E-state index is -0.395. The van der Waals surface area contributed by atoms with E-state index < -0.39 is 5.92 Å². The summed E-state index contributed by atoms with van der Waals surface area (Å²) in [6.07, 6.45) is 3.13. The molecule has 0 aromatic heterocycles. The van der Waals surface area contributed by atoms with Gasteiger partial charge in [0.2, 0.25) is 0 Å². The zero-order chi connectivity index (χ0) is 21.5. The van der Waals surface area contributed by atoms with Crippen molar-refractivity contribution in [2.24, 2.45) is 16.3 Å². The number of fused-ring (bicyclic) bond motifs is 1. The van der Waals surface area contributed by atoms with Gasteiger partial charge in [0.15, 0.2) is 0 Å². The van der Waals surface area contributed by atoms with Crippen molar-refractivity contribution in [2.75, 3.05) is 13.2 Å². The molecule has 160 valence electrons. The Balaban J connectivity index is 1.72. The molecule has 0 spiro atoms. The first kappa shape index (κ1) is 21.0. The Morgan fingerprint density at radius 1 is 1.23 bits per heavy atom. The highest BCUT2D eigenvalue weighted by atomic mass is 16.6. The molecule has 1 aromatic rings. The van der Waals surface area contributed by atoms with Gasteiger partial charge in [-0.3, -0.25) is 9.79 Å². The number of carbonyl (C=O) groups is 2. The fourth-order valence-electron chi connectivity index (χ4n) is 5.10. The van der Waals surface area contributed by atoms with E-state index in [0.29, 0.717) is 17.7 Å². The van der Waals surface area contributed by atoms with E-state index in [9.17, 15) is 9.59 Å². The molecule has 2 heterocycles. The smallest absolute Gasteiger partial charge is 0.336 e. The first-order chi connectivity index (χ1) is 14.2. The number of benzene rings is 1. The number of nitrogens with zero attached hydrogens (tertiary/aromatic N) is 1. The molecule has 1 aliphatic carbocycles. The molecule has 0 radical (unpaired) electrons. The minimum absolute atomic E-state index is 0.0351. The molecular formula is C25H31NO4. The molecule has 5 nitrogen and oxygen atoms in total. The van der Waals surface area contributed by atoms with Gasteiger partial charge in [-0.2, -0.15) is 0 Å². The summed E-state index contributed by atoms with van der Waals surface area (Å²) < 4.78 is 11.3. The normalized spacial score (nSPS) is 28.2. The maximum Gasteiger partial charge on any atom is 0.336 e. The average Bonchev–Trinajstić information content (AvgIpc) is 3.17. The summed E-state index contributed by atoms with van der Waals surface area (Å²) in [5.41, 5.74) is 4.04. The maximum atomic E-state index is 13.3. The monoisotopic (exact) mass is 409 g/mol. The Kier molecular flexibility index (Phi) is 5.67. The van der Waals surface area contributed by atoms with Crippen molar-refractivity contribution in [1.82, 2.24) is 0 Å². The van der Waals surface area contributed by atoms with Crippen molar-refractivity contribution in [3.8, 4) is 0 Å². The fraction of sp³-hybridized carbons (Fsp3) is 0.560. The number of esters is 1. The van der Waals surface area contributed by atoms with Gasteiger partial charge >= 0.3 is 5.97 Å². The first-order valence-corrected chi connectivity index (χ1v) is 10.9. The van der Waals surface area contributed by atoms with Gasteiger partial charge in [0.1, 0.15) is 12.4 Å². The molecule has 4 rings (SSSR count). The van der Waals surface area contributed by atoms with Crippen LogP contribution in [0, 0.1) is 18.3 Å². The third-order valence-corrected chi connectivity index (χ3v) is 6.41. The predicted molar refractivity (Wildman–Crippen MR) is 116 cm³/mol. The van der Waals surface area contributed by atoms with Crippen LogP contribution in [0.2, 0.25) is 0 Å². The minimum Gasteiger partial charge on any atom is -0.460 e. The van der Waals surface area contributed by atoms with Gasteiger partial charge in [-0.1, -0.05) is 43.7 Å². The Hall–Kier alpha value is -2.27. The lowest BCUT2D eigenvalue weighted by Crippen LogP contribution is -2.44. The van der Waals surface area contributed by atoms with E-state index in [0.717, 1.165) is 42.7 Å². The van der Waals surface area contributed by atoms with Crippen molar-refractivity contribution in [1.29, 1.82) is 0 Å². The molecule has 3 aliphatic rings. The predicted octanol–water partition coefficient (Wildman–Crippen LogP) is 4.53. The molecule has 1 unspecified atom stereocenters. The van der Waals surface area contributed by atoms with E-state index in [4.69, 9.17) is 14.5 Å². The van der Waals surface area contributed by atoms with Crippen molar-refractivity contribution in [2.45, 2.75) is 65.4 Å². The molecule has 0 amide bonds. The van der Waals surface area contributed by atoms with Crippen LogP contribution in [0.15, 0.2) is 40.5 Å². The molecule has 1 saturated carbocycles. The lowest BCUT2D eigenvalue weighted by atomic mass is 9.63. The molecule has 1 saturated heterocycles. The van der Waals surface area contributed by atoms with E-state index in [1.807, 2.05) is 32.0 Å². The largest absolute Gasteiger partial charge is 0.460 e. The maximum absolute atomic E-state index is 13.3. The quantitative estimate of drug-likeness (QED) is 0.685. The van der Waals surface area contributed by atoms with E-state index in [-0.39, 0.29) is 35.8 Å². The second-order valence-corrected chi connectivity index (χ2v) is 9.69. The second kappa shape index (κ2) is 8.10. The Labute approximate surface area is 178 Å². The molecular weight excluding hydrogens is 378 g/mol. The lowest BCUT2D eigenvalue weighted by molar-refractivity contribution is -0.142. The number of hydrogen-bond donors (Lipinski definition) is 0. The van der Waals surface area contributed by atoms with Crippen LogP contribution in [0.5, 0.6) is 0 Å². The SMILES string of the molecule is CC1=C(C(=O)OC[C@H]2CCCO2)[C@H](c2cccc(C)c2)C2C(=O)CC(C)(C)CC2=N1. The summed E-state index contributed by atoms with van der Waals surface area (Å²) in [6, 6.07) is 8.09. The van der Waals surface area contributed by atoms with Gasteiger partial charge in [-0.05, 0) is 44.1 Å². The molecule has 0 N–H and O–H groups in total. The molecule has 0 bridgehead atoms. The number of hydrogen-bond acceptors (Lipinski definition) is 5. The molecule has 3 atom stereocenters. The summed E-state index contributed by atoms with van der Waals surface area (Å²) in [6.45, 7) is 9.07. The lowest BCUT2D eigenvalue weighted by Gasteiger charge is -2.41. The van der Waals surface area contributed by atoms with Crippen molar-refractivity contribution in [3.05, 3.63) is 46.7 Å². The number of ketones is 1. The Bertz CT molecular complexity index is 921. The van der Waals surface area contributed by atoms with Crippen molar-refractivity contribution < 1.29 is 19.1 Å². The van der Waals surface area contributed by atoms with Gasteiger partial charge in [0.25, 0.3) is 0 Å². The van der Waals surface area contributed by atoms with Crippen LogP contribution >= 0.6 is 0 Å². The topological polar surface area (TPSA) is 65.0 Å². The highest BCUT2D eigenvalue weighted by molar-refractivity contribution is 6.12. The Morgan fingerprint density at radius 2 is 2.03 bits per heavy atom. The van der Waals surface area contributed by atoms with Crippen LogP contribution in [-0.4, -0.2) is 36.8 Å². The third-order valence-electron chi connectivity index (χ3n) is 6.41. The van der Waals surface area contributed by atoms with Crippen molar-refractivity contribution in [3.63, 3.8) is 0 Å². The number of aryl methyl sites for hydroxylation is 1. The van der Waals surface area contributed by atoms with E-state index in [1.54, 1.807) is 0 Å². The van der Waals surface area contributed by atoms with Gasteiger partial charge in [-0.25, -0.2) is 4.79 Å². The van der Waals surface area contributed by atoms with Crippen LogP contribution in [0.1, 0.15) is 63.5 Å². The van der Waals surface area contributed by atoms with Gasteiger partial charge < -0.3 is 9.47 Å². The zero-order valence-corrected chi connectivity index (χ0v) is 18.4. The van der Waals surface area contributed by atoms with Crippen LogP contribution in [0.4, 0.5) is 0 Å². The fourth-order valence-corrected chi connectivity index (χ4v) is 5.10. The van der Waals surface area contributed by atoms with Crippen LogP contribution < -0.4 is 0 Å². The standard InChI is InChI=1S/C25H31NO4/c1-15-7-5-8-17(11-15)22-21(24(28)30-14-18-9-6-10-29-18)16(2)26-19-12-25(3,4)13-20(27)23(19)22/h5,7-8,11,18,22-23H,6,9-10,12-14H2,1-4H3/t18-,22+,23?/m1/s1. The number of allylic oxidation sites excluding steroid dienone is 1. The molecule has 2 aliphatic heterocycles. The summed E-state index contributed by atoms with van der Waals surface area (Å²) in [4.78, 5) is 31.3. The second-order valence-electron chi connectivity index (χ2n) is 9.69. The summed E-state index contributed by atoms with van der Waals surface area (Å²) in [5.74, 6) is -0.963. The van der Waals surface area contributed by atoms with Crippen LogP contribution in [-0.2, 0) is 19.1 Å². The van der Waals surface area contributed by atoms with Gasteiger partial charge in [0.05, 0.1) is 17.6 Å². The van der Waals surface area contributed by atoms with E-state index >= 15 is 0 Å². The third kappa shape index (κ3) is 4.13. The molecule has 5 heteroatoms. The first-order valence-electron chi connectivity index (χ1n) is 10.9. The number of carbonyl (C=O) groups excluding carboxylic acids is 2. The molecule has 2 fully saturated rings. The van der Waals surface area contributed by atoms with E-state index in [2.05, 4.69) is 19.9 Å². The summed E-state index contributed by atoms with van der Waals surface area (Å²) in [7, 11) is 0. The number of Topliss-reactive ketones (excluding diaryl/α,β-unsaturated/α-hetero) is 1. The van der Waals surface area contributed by atoms with Crippen molar-refractivity contribution >= 4 is 17.5 Å². The van der Waals surface area contributed by atoms with Gasteiger partial charge in [0, 0.05) is 30.4 Å². The average molecular weight is 410 g/mol. The summed E-state index contributed by atoms with van der Waals surface area (Å²) >= 11 is 0. The highest BCUT2D eigenvalue weighted by Gasteiger charge is 2.47. The molecule has 1 aromatic carbocycles. The van der Waals surface area contributed by atoms with Crippen LogP contribution in [0.25, 0.3) is 0 Å². The van der Waals surface area contributed by atoms with Crippen LogP contribution in [0.3, 0.4) is 0 Å². The van der Waals surface area contributed by atoms with E-state index in [1.165, 1.54) is 0 Å². The number of ether oxygens (including phenoxy) is 2. The summed E-state index contributed by atoms with van der Waals surface area (Å²) in [5, 5.41) is 0. The zero-order valence-electron chi connectivity index (χ0n) is 18.4. The highest BCUT2D eigenvalue weighted by Crippen LogP contribution is 2.47. The molecule has 30 heavy (non-hydrogen) atoms. The van der Waals surface area contributed by atoms with Gasteiger partial charge in [-0.15, -0.1) is 0 Å². The Morgan fingerprint density at radius 3 is 2.73 bits per heavy atom.